The maximum atomic E-state index is 12.8. The molecule has 1 aromatic carbocycles. The summed E-state index contributed by atoms with van der Waals surface area (Å²) < 4.78 is 10.3. The van der Waals surface area contributed by atoms with Crippen LogP contribution in [-0.4, -0.2) is 40.6 Å². The van der Waals surface area contributed by atoms with Crippen LogP contribution in [-0.2, 0) is 16.0 Å². The van der Waals surface area contributed by atoms with E-state index in [-0.39, 0.29) is 34.5 Å². The van der Waals surface area contributed by atoms with E-state index in [9.17, 15) is 24.9 Å². The molecule has 7 heteroatoms. The van der Waals surface area contributed by atoms with E-state index in [0.29, 0.717) is 5.56 Å². The molecule has 3 N–H and O–H groups in total. The van der Waals surface area contributed by atoms with Crippen LogP contribution in [0.5, 0.6) is 5.75 Å². The van der Waals surface area contributed by atoms with Crippen molar-refractivity contribution in [2.45, 2.75) is 31.5 Å². The van der Waals surface area contributed by atoms with Crippen molar-refractivity contribution < 1.29 is 29.3 Å². The van der Waals surface area contributed by atoms with Gasteiger partial charge in [-0.15, -0.1) is 0 Å². The molecule has 0 saturated heterocycles. The zero-order valence-electron chi connectivity index (χ0n) is 12.6. The first-order valence-electron chi connectivity index (χ1n) is 7.08. The number of aliphatic hydroxyl groups excluding tert-OH is 2. The van der Waals surface area contributed by atoms with Gasteiger partial charge in [0.2, 0.25) is 5.43 Å². The summed E-state index contributed by atoms with van der Waals surface area (Å²) in [5, 5.41) is 30.0. The second-order valence-corrected chi connectivity index (χ2v) is 5.69. The molecular weight excluding hydrogens is 304 g/mol. The summed E-state index contributed by atoms with van der Waals surface area (Å²) in [6.45, 7) is 1.73. The molecule has 1 heterocycles. The van der Waals surface area contributed by atoms with Crippen LogP contribution in [0.1, 0.15) is 22.8 Å². The van der Waals surface area contributed by atoms with Crippen molar-refractivity contribution in [3.05, 3.63) is 39.2 Å². The predicted molar refractivity (Wildman–Crippen MR) is 79.4 cm³/mol. The average Bonchev–Trinajstić information content (AvgIpc) is 2.47. The van der Waals surface area contributed by atoms with E-state index in [1.54, 1.807) is 13.0 Å². The summed E-state index contributed by atoms with van der Waals surface area (Å²) in [5.41, 5.74) is 0.166. The molecule has 1 aromatic heterocycles. The highest BCUT2D eigenvalue weighted by Crippen LogP contribution is 2.35. The minimum atomic E-state index is -1.48. The Hall–Kier alpha value is -2.38. The second-order valence-electron chi connectivity index (χ2n) is 5.69. The van der Waals surface area contributed by atoms with Crippen LogP contribution in [0, 0.1) is 6.92 Å². The number of aliphatic hydroxyl groups is 2. The number of ether oxygens (including phenoxy) is 1. The third-order valence-electron chi connectivity index (χ3n) is 4.13. The van der Waals surface area contributed by atoms with E-state index >= 15 is 0 Å². The van der Waals surface area contributed by atoms with E-state index < -0.39 is 29.5 Å². The Morgan fingerprint density at radius 3 is 2.70 bits per heavy atom. The summed E-state index contributed by atoms with van der Waals surface area (Å²) in [7, 11) is 1.12. The Labute approximate surface area is 130 Å². The number of esters is 1. The van der Waals surface area contributed by atoms with Gasteiger partial charge in [-0.3, -0.25) is 9.59 Å². The van der Waals surface area contributed by atoms with Gasteiger partial charge in [-0.25, -0.2) is 0 Å². The van der Waals surface area contributed by atoms with Crippen LogP contribution in [0.25, 0.3) is 11.0 Å². The van der Waals surface area contributed by atoms with Crippen LogP contribution >= 0.6 is 0 Å². The fourth-order valence-corrected chi connectivity index (χ4v) is 3.05. The number of aromatic hydroxyl groups is 1. The minimum Gasteiger partial charge on any atom is -0.507 e. The van der Waals surface area contributed by atoms with Gasteiger partial charge < -0.3 is 24.5 Å². The molecule has 3 rings (SSSR count). The molecule has 0 aliphatic heterocycles. The molecule has 0 fully saturated rings. The van der Waals surface area contributed by atoms with Gasteiger partial charge in [0.1, 0.15) is 28.4 Å². The van der Waals surface area contributed by atoms with E-state index in [4.69, 9.17) is 4.42 Å². The molecule has 0 amide bonds. The van der Waals surface area contributed by atoms with Crippen LogP contribution in [0.2, 0.25) is 0 Å². The smallest absolute Gasteiger partial charge is 0.316 e. The van der Waals surface area contributed by atoms with Gasteiger partial charge in [-0.1, -0.05) is 0 Å². The Morgan fingerprint density at radius 2 is 2.04 bits per heavy atom. The zero-order valence-corrected chi connectivity index (χ0v) is 12.6. The molecule has 2 aromatic rings. The summed E-state index contributed by atoms with van der Waals surface area (Å²) in [4.78, 5) is 24.7. The van der Waals surface area contributed by atoms with Gasteiger partial charge in [0.25, 0.3) is 0 Å². The minimum absolute atomic E-state index is 0.0631. The van der Waals surface area contributed by atoms with Gasteiger partial charge in [0.15, 0.2) is 0 Å². The van der Waals surface area contributed by atoms with Crippen LogP contribution in [0.15, 0.2) is 21.3 Å². The molecule has 23 heavy (non-hydrogen) atoms. The largest absolute Gasteiger partial charge is 0.507 e. The van der Waals surface area contributed by atoms with Crippen molar-refractivity contribution in [2.24, 2.45) is 0 Å². The second kappa shape index (κ2) is 5.36. The number of hydrogen-bond donors (Lipinski definition) is 3. The standard InChI is InChI=1S/C16H16O7/c1-6-3-7(17)11-9(4-6)23-10-5-8(18)14(19)13(16(21)22-2)12(10)15(11)20/h3-4,8,13-14,17-19H,5H2,1-2H3/t8-,13+,14-/m1/s1. The molecular formula is C16H16O7. The first-order valence-corrected chi connectivity index (χ1v) is 7.08. The molecule has 0 saturated carbocycles. The number of benzene rings is 1. The van der Waals surface area contributed by atoms with Crippen molar-refractivity contribution in [1.29, 1.82) is 0 Å². The van der Waals surface area contributed by atoms with Crippen molar-refractivity contribution in [2.75, 3.05) is 7.11 Å². The maximum absolute atomic E-state index is 12.8. The Kier molecular flexibility index (Phi) is 3.62. The average molecular weight is 320 g/mol. The first kappa shape index (κ1) is 15.5. The van der Waals surface area contributed by atoms with E-state index in [0.717, 1.165) is 7.11 Å². The fourth-order valence-electron chi connectivity index (χ4n) is 3.05. The third-order valence-corrected chi connectivity index (χ3v) is 4.13. The SMILES string of the molecule is COC(=O)[C@H]1c2c(oc3cc(C)cc(O)c3c2=O)C[C@@H](O)[C@H]1O. The highest BCUT2D eigenvalue weighted by atomic mass is 16.5. The molecule has 0 unspecified atom stereocenters. The van der Waals surface area contributed by atoms with Crippen LogP contribution in [0.4, 0.5) is 0 Å². The third kappa shape index (κ3) is 2.29. The maximum Gasteiger partial charge on any atom is 0.316 e. The number of fused-ring (bicyclic) bond motifs is 2. The van der Waals surface area contributed by atoms with Crippen molar-refractivity contribution in [3.8, 4) is 5.75 Å². The lowest BCUT2D eigenvalue weighted by molar-refractivity contribution is -0.148. The van der Waals surface area contributed by atoms with E-state index in [2.05, 4.69) is 4.74 Å². The fraction of sp³-hybridized carbons (Fsp3) is 0.375. The number of hydrogen-bond acceptors (Lipinski definition) is 7. The normalized spacial score (nSPS) is 23.6. The molecule has 7 nitrogen and oxygen atoms in total. The van der Waals surface area contributed by atoms with Gasteiger partial charge in [0, 0.05) is 6.42 Å². The molecule has 3 atom stereocenters. The Morgan fingerprint density at radius 1 is 1.35 bits per heavy atom. The van der Waals surface area contributed by atoms with E-state index in [1.807, 2.05) is 0 Å². The quantitative estimate of drug-likeness (QED) is 0.649. The molecule has 1 aliphatic carbocycles. The molecule has 122 valence electrons. The molecule has 0 radical (unpaired) electrons. The number of phenols is 1. The number of carbonyl (C=O) groups is 1. The highest BCUT2D eigenvalue weighted by molar-refractivity contribution is 5.87. The van der Waals surface area contributed by atoms with Crippen LogP contribution < -0.4 is 5.43 Å². The number of carbonyl (C=O) groups excluding carboxylic acids is 1. The van der Waals surface area contributed by atoms with Gasteiger partial charge >= 0.3 is 5.97 Å². The monoisotopic (exact) mass is 320 g/mol. The predicted octanol–water partition coefficient (Wildman–Crippen LogP) is 0.342. The lowest BCUT2D eigenvalue weighted by atomic mass is 9.81. The number of rotatable bonds is 1. The summed E-state index contributed by atoms with van der Waals surface area (Å²) in [6, 6.07) is 2.99. The van der Waals surface area contributed by atoms with Crippen molar-refractivity contribution >= 4 is 16.9 Å². The topological polar surface area (TPSA) is 117 Å². The van der Waals surface area contributed by atoms with Crippen molar-refractivity contribution in [3.63, 3.8) is 0 Å². The lowest BCUT2D eigenvalue weighted by Gasteiger charge is -2.30. The summed E-state index contributed by atoms with van der Waals surface area (Å²) >= 11 is 0. The Balaban J connectivity index is 2.37. The number of phenolic OH excluding ortho intramolecular Hbond substituents is 1. The molecule has 0 spiro atoms. The highest BCUT2D eigenvalue weighted by Gasteiger charge is 2.43. The van der Waals surface area contributed by atoms with Gasteiger partial charge in [-0.05, 0) is 24.6 Å². The molecule has 0 bridgehead atoms. The summed E-state index contributed by atoms with van der Waals surface area (Å²) in [6.07, 6.45) is -2.85. The lowest BCUT2D eigenvalue weighted by Crippen LogP contribution is -2.44. The van der Waals surface area contributed by atoms with Gasteiger partial charge in [0.05, 0.1) is 24.9 Å². The van der Waals surface area contributed by atoms with E-state index in [1.165, 1.54) is 6.07 Å². The van der Waals surface area contributed by atoms with Crippen molar-refractivity contribution in [1.82, 2.24) is 0 Å². The molecule has 1 aliphatic rings. The zero-order chi connectivity index (χ0) is 16.9. The summed E-state index contributed by atoms with van der Waals surface area (Å²) in [5.74, 6) is -2.36. The number of aryl methyl sites for hydroxylation is 1. The van der Waals surface area contributed by atoms with Crippen LogP contribution in [0.3, 0.4) is 0 Å². The Bertz CT molecular complexity index is 852. The van der Waals surface area contributed by atoms with Gasteiger partial charge in [-0.2, -0.15) is 0 Å². The first-order chi connectivity index (χ1) is 10.8. The number of methoxy groups -OCH3 is 1.